The number of hydrogen-bond acceptors (Lipinski definition) is 2. The number of carbonyl (C=O) groups excluding carboxylic acids is 2. The number of terminal acetylenes is 1. The summed E-state index contributed by atoms with van der Waals surface area (Å²) in [5.74, 6) is 1.51. The quantitative estimate of drug-likeness (QED) is 0.449. The third-order valence-corrected chi connectivity index (χ3v) is 0.931. The number of nitrogens with zero attached hydrogens (tertiary/aromatic N) is 1. The number of nitrogens with one attached hydrogen (secondary N) is 1. The fourth-order valence-electron chi connectivity index (χ4n) is 0.481. The highest BCUT2D eigenvalue weighted by Crippen LogP contribution is 1.95. The number of amides is 3. The molecule has 0 saturated heterocycles. The van der Waals surface area contributed by atoms with Gasteiger partial charge in [0, 0.05) is 0 Å². The number of urea groups is 1. The van der Waals surface area contributed by atoms with Crippen LogP contribution < -0.4 is 10.6 Å². The summed E-state index contributed by atoms with van der Waals surface area (Å²) in [4.78, 5) is 21.0. The molecule has 0 aromatic heterocycles. The van der Waals surface area contributed by atoms with Crippen molar-refractivity contribution in [2.24, 2.45) is 0 Å². The first-order valence-electron chi connectivity index (χ1n) is 2.47. The molecule has 0 bridgehead atoms. The Labute approximate surface area is 57.3 Å². The number of imide groups is 1. The maximum Gasteiger partial charge on any atom is 0.347 e. The largest absolute Gasteiger partial charge is 0.347 e. The smallest absolute Gasteiger partial charge is 0.271 e. The van der Waals surface area contributed by atoms with E-state index in [1.165, 1.54) is 0 Å². The van der Waals surface area contributed by atoms with Crippen LogP contribution in [-0.4, -0.2) is 11.9 Å². The molecule has 0 spiro atoms. The lowest BCUT2D eigenvalue weighted by molar-refractivity contribution is -0.116. The summed E-state index contributed by atoms with van der Waals surface area (Å²) in [5, 5.41) is 5.18. The zero-order valence-electron chi connectivity index (χ0n) is 4.92. The Bertz CT molecular complexity index is 259. The van der Waals surface area contributed by atoms with Gasteiger partial charge in [-0.1, -0.05) is 5.92 Å². The van der Waals surface area contributed by atoms with E-state index in [2.05, 4.69) is 11.2 Å². The van der Waals surface area contributed by atoms with Gasteiger partial charge in [-0.2, -0.15) is 0 Å². The molecule has 4 heteroatoms. The van der Waals surface area contributed by atoms with Crippen molar-refractivity contribution in [2.75, 3.05) is 0 Å². The maximum absolute atomic E-state index is 10.6. The fourth-order valence-corrected chi connectivity index (χ4v) is 0.481. The van der Waals surface area contributed by atoms with E-state index in [0.29, 0.717) is 0 Å². The van der Waals surface area contributed by atoms with Crippen LogP contribution in [0, 0.1) is 12.3 Å². The fraction of sp³-hybridized carbons (Fsp3) is 0. The second-order valence-electron chi connectivity index (χ2n) is 1.58. The topological polar surface area (TPSA) is 60.3 Å². The third kappa shape index (κ3) is 0.977. The molecule has 0 fully saturated rings. The second-order valence-corrected chi connectivity index (χ2v) is 1.58. The average Bonchev–Trinajstić information content (AvgIpc) is 1.88. The van der Waals surface area contributed by atoms with E-state index in [1.54, 1.807) is 0 Å². The first-order chi connectivity index (χ1) is 4.74. The third-order valence-electron chi connectivity index (χ3n) is 0.931. The molecule has 0 unspecified atom stereocenters. The molecule has 0 aromatic carbocycles. The first kappa shape index (κ1) is 6.36. The van der Waals surface area contributed by atoms with Crippen molar-refractivity contribution in [3.63, 3.8) is 0 Å². The Morgan fingerprint density at radius 3 is 2.80 bits per heavy atom. The molecule has 1 N–H and O–H groups in total. The van der Waals surface area contributed by atoms with E-state index in [4.69, 9.17) is 6.42 Å². The highest BCUT2D eigenvalue weighted by atomic mass is 16.2. The van der Waals surface area contributed by atoms with Crippen LogP contribution in [0.1, 0.15) is 0 Å². The summed E-state index contributed by atoms with van der Waals surface area (Å²) in [5.41, 5.74) is 0.0691. The molecule has 0 atom stereocenters. The predicted molar refractivity (Wildman–Crippen MR) is 32.6 cm³/mol. The standard InChI is InChI=1S/C6H3N2O2/c1-2-4-3-7-6(10)8-5(4)9/h1,3H,(H,8,9,10). The van der Waals surface area contributed by atoms with Crippen molar-refractivity contribution in [1.82, 2.24) is 10.6 Å². The summed E-state index contributed by atoms with van der Waals surface area (Å²) < 4.78 is 0. The Morgan fingerprint density at radius 2 is 2.30 bits per heavy atom. The molecular formula is C6H3N2O2. The number of rotatable bonds is 0. The van der Waals surface area contributed by atoms with Crippen LogP contribution in [0.25, 0.3) is 0 Å². The SMILES string of the molecule is C#CC1=C[N]C(=O)NC1=O. The molecule has 0 aliphatic carbocycles. The minimum absolute atomic E-state index is 0.0691. The van der Waals surface area contributed by atoms with E-state index < -0.39 is 11.9 Å². The summed E-state index contributed by atoms with van der Waals surface area (Å²) in [6, 6.07) is -0.677. The van der Waals surface area contributed by atoms with Crippen molar-refractivity contribution in [1.29, 1.82) is 0 Å². The number of carbonyl (C=O) groups is 2. The van der Waals surface area contributed by atoms with Gasteiger partial charge in [0.15, 0.2) is 0 Å². The van der Waals surface area contributed by atoms with E-state index in [0.717, 1.165) is 6.20 Å². The predicted octanol–water partition coefficient (Wildman–Crippen LogP) is -0.642. The van der Waals surface area contributed by atoms with E-state index in [-0.39, 0.29) is 5.57 Å². The monoisotopic (exact) mass is 135 g/mol. The van der Waals surface area contributed by atoms with E-state index >= 15 is 0 Å². The van der Waals surface area contributed by atoms with Crippen LogP contribution in [0.3, 0.4) is 0 Å². The van der Waals surface area contributed by atoms with Crippen molar-refractivity contribution >= 4 is 11.9 Å². The van der Waals surface area contributed by atoms with Gasteiger partial charge in [0.25, 0.3) is 5.91 Å². The van der Waals surface area contributed by atoms with Gasteiger partial charge in [-0.05, 0) is 0 Å². The van der Waals surface area contributed by atoms with Gasteiger partial charge in [-0.3, -0.25) is 10.1 Å². The Kier molecular flexibility index (Phi) is 1.42. The average molecular weight is 135 g/mol. The molecule has 1 heterocycles. The molecule has 4 nitrogen and oxygen atoms in total. The van der Waals surface area contributed by atoms with Crippen LogP contribution >= 0.6 is 0 Å². The lowest BCUT2D eigenvalue weighted by Gasteiger charge is -2.05. The van der Waals surface area contributed by atoms with Crippen LogP contribution in [0.5, 0.6) is 0 Å². The molecule has 3 amide bonds. The molecule has 1 radical (unpaired) electrons. The van der Waals surface area contributed by atoms with E-state index in [1.807, 2.05) is 5.32 Å². The molecule has 10 heavy (non-hydrogen) atoms. The summed E-state index contributed by atoms with van der Waals surface area (Å²) in [6.07, 6.45) is 5.96. The molecule has 1 rings (SSSR count). The lowest BCUT2D eigenvalue weighted by atomic mass is 10.2. The van der Waals surface area contributed by atoms with Crippen LogP contribution in [-0.2, 0) is 4.79 Å². The normalized spacial score (nSPS) is 16.5. The van der Waals surface area contributed by atoms with Crippen molar-refractivity contribution in [2.45, 2.75) is 0 Å². The minimum atomic E-state index is -0.677. The molecule has 1 aliphatic heterocycles. The molecule has 1 aliphatic rings. The van der Waals surface area contributed by atoms with Crippen LogP contribution in [0.2, 0.25) is 0 Å². The van der Waals surface area contributed by atoms with Gasteiger partial charge in [0.2, 0.25) is 0 Å². The van der Waals surface area contributed by atoms with E-state index in [9.17, 15) is 9.59 Å². The van der Waals surface area contributed by atoms with Crippen molar-refractivity contribution in [3.05, 3.63) is 11.8 Å². The Balaban J connectivity index is 2.88. The zero-order valence-corrected chi connectivity index (χ0v) is 4.92. The summed E-state index contributed by atoms with van der Waals surface area (Å²) in [6.45, 7) is 0. The van der Waals surface area contributed by atoms with Gasteiger partial charge in [0.05, 0.1) is 6.20 Å². The molecule has 0 aromatic rings. The highest BCUT2D eigenvalue weighted by molar-refractivity contribution is 6.08. The van der Waals surface area contributed by atoms with Gasteiger partial charge >= 0.3 is 6.03 Å². The van der Waals surface area contributed by atoms with Crippen molar-refractivity contribution in [3.8, 4) is 12.3 Å². The zero-order chi connectivity index (χ0) is 7.56. The van der Waals surface area contributed by atoms with Gasteiger partial charge in [-0.25, -0.2) is 10.1 Å². The van der Waals surface area contributed by atoms with Crippen molar-refractivity contribution < 1.29 is 9.59 Å². The summed E-state index contributed by atoms with van der Waals surface area (Å²) in [7, 11) is 0. The Hall–Kier alpha value is -1.76. The second kappa shape index (κ2) is 2.23. The highest BCUT2D eigenvalue weighted by Gasteiger charge is 2.16. The molecule has 49 valence electrons. The van der Waals surface area contributed by atoms with Gasteiger partial charge < -0.3 is 0 Å². The molecule has 0 saturated carbocycles. The van der Waals surface area contributed by atoms with Gasteiger partial charge in [-0.15, -0.1) is 6.42 Å². The van der Waals surface area contributed by atoms with Gasteiger partial charge in [0.1, 0.15) is 5.57 Å². The summed E-state index contributed by atoms with van der Waals surface area (Å²) >= 11 is 0. The lowest BCUT2D eigenvalue weighted by Crippen LogP contribution is -2.38. The Morgan fingerprint density at radius 1 is 1.60 bits per heavy atom. The minimum Gasteiger partial charge on any atom is -0.271 e. The van der Waals surface area contributed by atoms with Crippen LogP contribution in [0.4, 0.5) is 4.79 Å². The maximum atomic E-state index is 10.6. The van der Waals surface area contributed by atoms with Crippen LogP contribution in [0.15, 0.2) is 11.8 Å². The first-order valence-corrected chi connectivity index (χ1v) is 2.47. The molecular weight excluding hydrogens is 132 g/mol. The number of hydrogen-bond donors (Lipinski definition) is 1.